The van der Waals surface area contributed by atoms with Crippen LogP contribution in [0.25, 0.3) is 0 Å². The van der Waals surface area contributed by atoms with Crippen molar-refractivity contribution in [3.63, 3.8) is 0 Å². The topological polar surface area (TPSA) is 100 Å². The van der Waals surface area contributed by atoms with Crippen LogP contribution < -0.4 is 16.5 Å². The van der Waals surface area contributed by atoms with Gasteiger partial charge in [0.1, 0.15) is 0 Å². The fourth-order valence-electron chi connectivity index (χ4n) is 1.17. The number of hydrogen-bond acceptors (Lipinski definition) is 3. The number of carbonyl (C=O) groups excluding carboxylic acids is 1. The number of benzene rings is 1. The molecule has 1 aromatic rings. The zero-order valence-electron chi connectivity index (χ0n) is 10.6. The predicted octanol–water partition coefficient (Wildman–Crippen LogP) is 1.11. The van der Waals surface area contributed by atoms with Crippen LogP contribution in [0.2, 0.25) is 0 Å². The first-order valence-corrected chi connectivity index (χ1v) is 5.46. The van der Waals surface area contributed by atoms with E-state index in [1.165, 1.54) is 0 Å². The van der Waals surface area contributed by atoms with Crippen molar-refractivity contribution in [2.75, 3.05) is 13.2 Å². The van der Waals surface area contributed by atoms with Crippen molar-refractivity contribution in [2.24, 2.45) is 5.73 Å². The van der Waals surface area contributed by atoms with Gasteiger partial charge in [0, 0.05) is 17.7 Å². The maximum Gasteiger partial charge on any atom is 0.274 e. The quantitative estimate of drug-likeness (QED) is 0.359. The molecule has 1 rings (SSSR count). The number of hydrogen-bond donors (Lipinski definition) is 4. The lowest BCUT2D eigenvalue weighted by Crippen LogP contribution is -2.33. The number of halogens is 2. The highest BCUT2D eigenvalue weighted by molar-refractivity contribution is 5.93. The van der Waals surface area contributed by atoms with Crippen molar-refractivity contribution >= 4 is 24.3 Å². The second-order valence-electron chi connectivity index (χ2n) is 3.62. The van der Waals surface area contributed by atoms with Crippen molar-refractivity contribution in [1.82, 2.24) is 10.8 Å². The molecular formula is C12H16ClFN4O2. The Morgan fingerprint density at radius 1 is 1.40 bits per heavy atom. The summed E-state index contributed by atoms with van der Waals surface area (Å²) >= 11 is 0. The number of carbonyl (C=O) groups is 1. The molecule has 1 amide bonds. The average molecular weight is 303 g/mol. The Morgan fingerprint density at radius 3 is 2.60 bits per heavy atom. The van der Waals surface area contributed by atoms with Gasteiger partial charge in [0.25, 0.3) is 5.91 Å². The molecule has 0 heterocycles. The monoisotopic (exact) mass is 302 g/mol. The number of nitrogens with one attached hydrogen (secondary N) is 3. The smallest absolute Gasteiger partial charge is 0.274 e. The third-order valence-electron chi connectivity index (χ3n) is 2.12. The van der Waals surface area contributed by atoms with Crippen LogP contribution in [0, 0.1) is 5.41 Å². The molecule has 6 nitrogen and oxygen atoms in total. The fourth-order valence-corrected chi connectivity index (χ4v) is 1.17. The third-order valence-corrected chi connectivity index (χ3v) is 2.12. The van der Waals surface area contributed by atoms with Crippen LogP contribution in [0.1, 0.15) is 10.4 Å². The molecular weight excluding hydrogens is 287 g/mol. The van der Waals surface area contributed by atoms with Crippen molar-refractivity contribution in [3.8, 4) is 0 Å². The highest BCUT2D eigenvalue weighted by Crippen LogP contribution is 1.99. The van der Waals surface area contributed by atoms with Gasteiger partial charge in [-0.2, -0.15) is 0 Å². The van der Waals surface area contributed by atoms with Crippen LogP contribution in [0.3, 0.4) is 0 Å². The Morgan fingerprint density at radius 2 is 2.05 bits per heavy atom. The molecule has 0 aliphatic rings. The lowest BCUT2D eigenvalue weighted by atomic mass is 10.2. The summed E-state index contributed by atoms with van der Waals surface area (Å²) < 4.78 is 12.4. The van der Waals surface area contributed by atoms with Gasteiger partial charge < -0.3 is 11.1 Å². The first-order valence-electron chi connectivity index (χ1n) is 5.46. The van der Waals surface area contributed by atoms with E-state index in [-0.39, 0.29) is 37.1 Å². The van der Waals surface area contributed by atoms with Crippen molar-refractivity contribution in [3.05, 3.63) is 47.8 Å². The minimum Gasteiger partial charge on any atom is -0.370 e. The van der Waals surface area contributed by atoms with E-state index in [0.717, 1.165) is 0 Å². The first-order chi connectivity index (χ1) is 9.13. The second kappa shape index (κ2) is 9.76. The molecule has 0 spiro atoms. The standard InChI is InChI=1S/C12H15FN4O2.ClH/c13-6-9(7-16-12(14)15)8-19-17-11(18)10-4-2-1-3-5-10;/h1-6H,7-8H2,(H,17,18)(H4,14,15,16);1H/b9-6-;. The van der Waals surface area contributed by atoms with Crippen LogP contribution in [-0.2, 0) is 4.84 Å². The fraction of sp³-hybridized carbons (Fsp3) is 0.167. The number of guanidine groups is 1. The molecule has 0 aliphatic carbocycles. The van der Waals surface area contributed by atoms with Gasteiger partial charge in [0.05, 0.1) is 12.9 Å². The van der Waals surface area contributed by atoms with E-state index < -0.39 is 5.91 Å². The maximum absolute atomic E-state index is 12.4. The van der Waals surface area contributed by atoms with Gasteiger partial charge in [-0.05, 0) is 12.1 Å². The Kier molecular flexibility index (Phi) is 8.73. The Hall–Kier alpha value is -2.12. The molecule has 5 N–H and O–H groups in total. The van der Waals surface area contributed by atoms with Gasteiger partial charge in [-0.3, -0.25) is 15.0 Å². The minimum atomic E-state index is -0.418. The summed E-state index contributed by atoms with van der Waals surface area (Å²) in [6, 6.07) is 8.48. The predicted molar refractivity (Wildman–Crippen MR) is 76.2 cm³/mol. The molecule has 0 aliphatic heterocycles. The van der Waals surface area contributed by atoms with E-state index in [1.807, 2.05) is 0 Å². The molecule has 0 unspecified atom stereocenters. The highest BCUT2D eigenvalue weighted by atomic mass is 35.5. The normalized spacial score (nSPS) is 10.3. The zero-order chi connectivity index (χ0) is 14.1. The van der Waals surface area contributed by atoms with Crippen LogP contribution >= 0.6 is 12.4 Å². The Bertz CT molecular complexity index is 468. The molecule has 0 aromatic heterocycles. The van der Waals surface area contributed by atoms with Crippen molar-refractivity contribution in [2.45, 2.75) is 0 Å². The highest BCUT2D eigenvalue weighted by Gasteiger charge is 2.05. The van der Waals surface area contributed by atoms with Gasteiger partial charge in [0.15, 0.2) is 5.96 Å². The van der Waals surface area contributed by atoms with E-state index in [1.54, 1.807) is 30.3 Å². The van der Waals surface area contributed by atoms with E-state index in [4.69, 9.17) is 16.0 Å². The number of nitrogens with two attached hydrogens (primary N) is 1. The van der Waals surface area contributed by atoms with Gasteiger partial charge in [-0.1, -0.05) is 18.2 Å². The molecule has 0 saturated carbocycles. The Labute approximate surface area is 122 Å². The van der Waals surface area contributed by atoms with Gasteiger partial charge in [0.2, 0.25) is 0 Å². The van der Waals surface area contributed by atoms with Crippen LogP contribution in [0.15, 0.2) is 42.2 Å². The molecule has 0 atom stereocenters. The summed E-state index contributed by atoms with van der Waals surface area (Å²) in [7, 11) is 0. The molecule has 0 saturated heterocycles. The molecule has 20 heavy (non-hydrogen) atoms. The average Bonchev–Trinajstić information content (AvgIpc) is 2.43. The Balaban J connectivity index is 0.00000361. The second-order valence-corrected chi connectivity index (χ2v) is 3.62. The number of rotatable bonds is 6. The van der Waals surface area contributed by atoms with E-state index in [2.05, 4.69) is 10.8 Å². The first kappa shape index (κ1) is 17.9. The van der Waals surface area contributed by atoms with Gasteiger partial charge >= 0.3 is 0 Å². The SMILES string of the molecule is Cl.N=C(N)NC/C(=C/F)CONC(=O)c1ccccc1. The van der Waals surface area contributed by atoms with Crippen LogP contribution in [-0.4, -0.2) is 25.0 Å². The lowest BCUT2D eigenvalue weighted by Gasteiger charge is -2.09. The van der Waals surface area contributed by atoms with Gasteiger partial charge in [-0.25, -0.2) is 9.87 Å². The summed E-state index contributed by atoms with van der Waals surface area (Å²) in [4.78, 5) is 16.4. The van der Waals surface area contributed by atoms with Crippen molar-refractivity contribution in [1.29, 1.82) is 5.41 Å². The van der Waals surface area contributed by atoms with E-state index in [0.29, 0.717) is 11.9 Å². The third kappa shape index (κ3) is 6.72. The van der Waals surface area contributed by atoms with E-state index in [9.17, 15) is 9.18 Å². The van der Waals surface area contributed by atoms with Crippen molar-refractivity contribution < 1.29 is 14.0 Å². The molecule has 8 heteroatoms. The van der Waals surface area contributed by atoms with Crippen LogP contribution in [0.4, 0.5) is 4.39 Å². The minimum absolute atomic E-state index is 0. The largest absolute Gasteiger partial charge is 0.370 e. The molecule has 0 radical (unpaired) electrons. The molecule has 1 aromatic carbocycles. The summed E-state index contributed by atoms with van der Waals surface area (Å²) in [5, 5.41) is 9.35. The molecule has 110 valence electrons. The maximum atomic E-state index is 12.4. The van der Waals surface area contributed by atoms with E-state index >= 15 is 0 Å². The summed E-state index contributed by atoms with van der Waals surface area (Å²) in [5.41, 5.74) is 7.90. The molecule has 0 fully saturated rings. The zero-order valence-corrected chi connectivity index (χ0v) is 11.4. The number of hydroxylamine groups is 1. The van der Waals surface area contributed by atoms with Crippen LogP contribution in [0.5, 0.6) is 0 Å². The number of amides is 1. The summed E-state index contributed by atoms with van der Waals surface area (Å²) in [5.74, 6) is -0.689. The lowest BCUT2D eigenvalue weighted by molar-refractivity contribution is 0.0394. The molecule has 0 bridgehead atoms. The van der Waals surface area contributed by atoms with Gasteiger partial charge in [-0.15, -0.1) is 12.4 Å². The summed E-state index contributed by atoms with van der Waals surface area (Å²) in [6.07, 6.45) is 0.338. The summed E-state index contributed by atoms with van der Waals surface area (Å²) in [6.45, 7) is -0.109.